The Kier molecular flexibility index (Phi) is 3.66. The van der Waals surface area contributed by atoms with Crippen LogP contribution in [0.2, 0.25) is 0 Å². The summed E-state index contributed by atoms with van der Waals surface area (Å²) in [5, 5.41) is 19.2. The third-order valence-electron chi connectivity index (χ3n) is 3.65. The number of phenols is 2. The molecule has 1 aromatic rings. The first-order valence-electron chi connectivity index (χ1n) is 6.45. The number of carbonyl (C=O) groups excluding carboxylic acids is 1. The molecule has 1 aliphatic rings. The van der Waals surface area contributed by atoms with E-state index >= 15 is 0 Å². The van der Waals surface area contributed by atoms with Gasteiger partial charge in [0.05, 0.1) is 5.69 Å². The van der Waals surface area contributed by atoms with E-state index in [4.69, 9.17) is 0 Å². The van der Waals surface area contributed by atoms with Gasteiger partial charge in [0.1, 0.15) is 0 Å². The maximum atomic E-state index is 12.1. The van der Waals surface area contributed by atoms with Crippen LogP contribution in [0.25, 0.3) is 0 Å². The van der Waals surface area contributed by atoms with E-state index in [2.05, 4.69) is 4.90 Å². The van der Waals surface area contributed by atoms with E-state index in [9.17, 15) is 15.0 Å². The highest BCUT2D eigenvalue weighted by molar-refractivity contribution is 5.95. The number of rotatable bonds is 2. The first-order valence-corrected chi connectivity index (χ1v) is 6.45. The quantitative estimate of drug-likeness (QED) is 0.791. The van der Waals surface area contributed by atoms with E-state index in [0.717, 1.165) is 12.0 Å². The summed E-state index contributed by atoms with van der Waals surface area (Å²) in [6.45, 7) is 2.43. The molecule has 0 bridgehead atoms. The summed E-state index contributed by atoms with van der Waals surface area (Å²) in [4.78, 5) is 15.8. The summed E-state index contributed by atoms with van der Waals surface area (Å²) < 4.78 is 0. The monoisotopic (exact) mass is 264 g/mol. The lowest BCUT2D eigenvalue weighted by atomic mass is 9.96. The number of carbonyl (C=O) groups is 1. The van der Waals surface area contributed by atoms with Crippen molar-refractivity contribution in [3.05, 3.63) is 17.7 Å². The predicted octanol–water partition coefficient (Wildman–Crippen LogP) is 1.33. The molecule has 0 radical (unpaired) electrons. The molecule has 0 fully saturated rings. The third-order valence-corrected chi connectivity index (χ3v) is 3.65. The fourth-order valence-electron chi connectivity index (χ4n) is 2.42. The summed E-state index contributed by atoms with van der Waals surface area (Å²) in [6.07, 6.45) is 1.17. The molecule has 2 rings (SSSR count). The van der Waals surface area contributed by atoms with Crippen LogP contribution in [0.5, 0.6) is 11.5 Å². The molecule has 5 heteroatoms. The van der Waals surface area contributed by atoms with Crippen LogP contribution in [-0.4, -0.2) is 47.7 Å². The van der Waals surface area contributed by atoms with Gasteiger partial charge in [-0.1, -0.05) is 6.92 Å². The standard InChI is InChI=1S/C14H20N2O3/c1-4-14(19)16-8-10(15(2)3)5-9-6-12(17)13(18)7-11(9)16/h6-7,10,17-18H,4-5,8H2,1-3H3. The Morgan fingerprint density at radius 3 is 2.58 bits per heavy atom. The van der Waals surface area contributed by atoms with Crippen LogP contribution < -0.4 is 4.90 Å². The van der Waals surface area contributed by atoms with Crippen LogP contribution in [0.15, 0.2) is 12.1 Å². The highest BCUT2D eigenvalue weighted by Gasteiger charge is 2.29. The van der Waals surface area contributed by atoms with Crippen molar-refractivity contribution >= 4 is 11.6 Å². The lowest BCUT2D eigenvalue weighted by molar-refractivity contribution is -0.118. The number of fused-ring (bicyclic) bond motifs is 1. The van der Waals surface area contributed by atoms with E-state index in [0.29, 0.717) is 18.7 Å². The van der Waals surface area contributed by atoms with Gasteiger partial charge in [-0.25, -0.2) is 0 Å². The van der Waals surface area contributed by atoms with Gasteiger partial charge in [0.15, 0.2) is 11.5 Å². The molecule has 104 valence electrons. The van der Waals surface area contributed by atoms with Gasteiger partial charge in [-0.3, -0.25) is 4.79 Å². The fraction of sp³-hybridized carbons (Fsp3) is 0.500. The molecule has 5 nitrogen and oxygen atoms in total. The third kappa shape index (κ3) is 2.51. The second-order valence-electron chi connectivity index (χ2n) is 5.15. The van der Waals surface area contributed by atoms with Gasteiger partial charge in [-0.15, -0.1) is 0 Å². The van der Waals surface area contributed by atoms with Gasteiger partial charge >= 0.3 is 0 Å². The number of nitrogens with zero attached hydrogens (tertiary/aromatic N) is 2. The minimum atomic E-state index is -0.184. The van der Waals surface area contributed by atoms with E-state index in [-0.39, 0.29) is 23.4 Å². The topological polar surface area (TPSA) is 64.0 Å². The molecule has 0 aliphatic carbocycles. The van der Waals surface area contributed by atoms with Crippen molar-refractivity contribution in [2.24, 2.45) is 0 Å². The van der Waals surface area contributed by atoms with E-state index < -0.39 is 0 Å². The Balaban J connectivity index is 2.46. The Labute approximate surface area is 113 Å². The molecular formula is C14H20N2O3. The summed E-state index contributed by atoms with van der Waals surface area (Å²) in [5.41, 5.74) is 1.60. The highest BCUT2D eigenvalue weighted by Crippen LogP contribution is 2.37. The van der Waals surface area contributed by atoms with Crippen LogP contribution in [0.1, 0.15) is 18.9 Å². The summed E-state index contributed by atoms with van der Waals surface area (Å²) in [7, 11) is 3.95. The minimum absolute atomic E-state index is 0.0258. The molecule has 1 heterocycles. The van der Waals surface area contributed by atoms with E-state index in [1.165, 1.54) is 6.07 Å². The Morgan fingerprint density at radius 1 is 1.37 bits per heavy atom. The second-order valence-corrected chi connectivity index (χ2v) is 5.15. The lowest BCUT2D eigenvalue weighted by Crippen LogP contribution is -2.47. The molecule has 19 heavy (non-hydrogen) atoms. The smallest absolute Gasteiger partial charge is 0.226 e. The van der Waals surface area contributed by atoms with Gasteiger partial charge in [-0.2, -0.15) is 0 Å². The fourth-order valence-corrected chi connectivity index (χ4v) is 2.42. The molecule has 1 atom stereocenters. The normalized spacial score (nSPS) is 18.5. The van der Waals surface area contributed by atoms with Gasteiger partial charge in [0.2, 0.25) is 5.91 Å². The van der Waals surface area contributed by atoms with Crippen molar-refractivity contribution in [2.45, 2.75) is 25.8 Å². The van der Waals surface area contributed by atoms with Crippen molar-refractivity contribution < 1.29 is 15.0 Å². The Morgan fingerprint density at radius 2 is 2.00 bits per heavy atom. The molecular weight excluding hydrogens is 244 g/mol. The number of amides is 1. The molecule has 0 saturated heterocycles. The zero-order chi connectivity index (χ0) is 14.2. The van der Waals surface area contributed by atoms with Gasteiger partial charge in [0.25, 0.3) is 0 Å². The molecule has 0 spiro atoms. The van der Waals surface area contributed by atoms with Gasteiger partial charge in [-0.05, 0) is 32.1 Å². The summed E-state index contributed by atoms with van der Waals surface area (Å²) >= 11 is 0. The van der Waals surface area contributed by atoms with E-state index in [1.54, 1.807) is 11.0 Å². The SMILES string of the molecule is CCC(=O)N1CC(N(C)C)Cc2cc(O)c(O)cc21. The lowest BCUT2D eigenvalue weighted by Gasteiger charge is -2.37. The molecule has 1 unspecified atom stereocenters. The number of benzene rings is 1. The van der Waals surface area contributed by atoms with Crippen molar-refractivity contribution in [1.82, 2.24) is 4.90 Å². The van der Waals surface area contributed by atoms with Crippen LogP contribution in [-0.2, 0) is 11.2 Å². The highest BCUT2D eigenvalue weighted by atomic mass is 16.3. The van der Waals surface area contributed by atoms with Crippen LogP contribution in [0, 0.1) is 0 Å². The summed E-state index contributed by atoms with van der Waals surface area (Å²) in [6, 6.07) is 3.24. The van der Waals surface area contributed by atoms with Crippen LogP contribution in [0.4, 0.5) is 5.69 Å². The van der Waals surface area contributed by atoms with Crippen molar-refractivity contribution in [2.75, 3.05) is 25.5 Å². The van der Waals surface area contributed by atoms with E-state index in [1.807, 2.05) is 21.0 Å². The van der Waals surface area contributed by atoms with Crippen LogP contribution >= 0.6 is 0 Å². The average Bonchev–Trinajstić information content (AvgIpc) is 2.38. The predicted molar refractivity (Wildman–Crippen MR) is 73.6 cm³/mol. The Hall–Kier alpha value is -1.75. The van der Waals surface area contributed by atoms with Crippen molar-refractivity contribution in [3.63, 3.8) is 0 Å². The number of phenolic OH excluding ortho intramolecular Hbond substituents is 2. The molecule has 0 saturated carbocycles. The zero-order valence-electron chi connectivity index (χ0n) is 11.6. The number of hydrogen-bond donors (Lipinski definition) is 2. The number of hydrogen-bond acceptors (Lipinski definition) is 4. The second kappa shape index (κ2) is 5.09. The largest absolute Gasteiger partial charge is 0.504 e. The van der Waals surface area contributed by atoms with Crippen molar-refractivity contribution in [3.8, 4) is 11.5 Å². The van der Waals surface area contributed by atoms with Gasteiger partial charge < -0.3 is 20.0 Å². The maximum absolute atomic E-state index is 12.1. The molecule has 1 amide bonds. The first-order chi connectivity index (χ1) is 8.93. The molecule has 2 N–H and O–H groups in total. The number of likely N-dealkylation sites (N-methyl/N-ethyl adjacent to an activating group) is 1. The molecule has 0 aromatic heterocycles. The average molecular weight is 264 g/mol. The minimum Gasteiger partial charge on any atom is -0.504 e. The molecule has 1 aromatic carbocycles. The number of anilines is 1. The first kappa shape index (κ1) is 13.7. The maximum Gasteiger partial charge on any atom is 0.226 e. The number of aromatic hydroxyl groups is 2. The Bertz CT molecular complexity index is 500. The van der Waals surface area contributed by atoms with Crippen molar-refractivity contribution in [1.29, 1.82) is 0 Å². The summed E-state index contributed by atoms with van der Waals surface area (Å²) in [5.74, 6) is -0.295. The van der Waals surface area contributed by atoms with Crippen LogP contribution in [0.3, 0.4) is 0 Å². The molecule has 1 aliphatic heterocycles. The van der Waals surface area contributed by atoms with Gasteiger partial charge in [0, 0.05) is 25.1 Å². The zero-order valence-corrected chi connectivity index (χ0v) is 11.6.